The molecule has 0 radical (unpaired) electrons. The second kappa shape index (κ2) is 7.67. The number of nitrogens with zero attached hydrogens (tertiary/aromatic N) is 1. The first-order chi connectivity index (χ1) is 16.9. The number of benzene rings is 5. The average molecular weight is 434 g/mol. The van der Waals surface area contributed by atoms with Gasteiger partial charge in [-0.15, -0.1) is 0 Å². The highest BCUT2D eigenvalue weighted by atomic mass is 14.7. The van der Waals surface area contributed by atoms with E-state index in [0.717, 1.165) is 24.1 Å². The van der Waals surface area contributed by atoms with Gasteiger partial charge in [-0.3, -0.25) is 0 Å². The monoisotopic (exact) mass is 433 g/mol. The number of pyridine rings is 1. The third kappa shape index (κ3) is 2.90. The Morgan fingerprint density at radius 2 is 1.15 bits per heavy atom. The minimum absolute atomic E-state index is 1.02. The lowest BCUT2D eigenvalue weighted by Crippen LogP contribution is -2.02. The molecule has 0 amide bonds. The largest absolute Gasteiger partial charge is 0.248 e. The summed E-state index contributed by atoms with van der Waals surface area (Å²) in [5, 5.41) is 6.24. The molecule has 1 heterocycles. The third-order valence-electron chi connectivity index (χ3n) is 7.13. The van der Waals surface area contributed by atoms with Gasteiger partial charge < -0.3 is 0 Å². The fourth-order valence-electron chi connectivity index (χ4n) is 5.62. The van der Waals surface area contributed by atoms with E-state index in [9.17, 15) is 0 Å². The molecule has 0 saturated carbocycles. The Kier molecular flexibility index (Phi) is 4.35. The van der Waals surface area contributed by atoms with Crippen molar-refractivity contribution in [1.82, 2.24) is 4.98 Å². The van der Waals surface area contributed by atoms with E-state index < -0.39 is 0 Å². The van der Waals surface area contributed by atoms with Gasteiger partial charge in [0.25, 0.3) is 0 Å². The summed E-state index contributed by atoms with van der Waals surface area (Å²) in [6, 6.07) is 39.3. The van der Waals surface area contributed by atoms with Crippen LogP contribution < -0.4 is 0 Å². The number of allylic oxidation sites excluding steroid dienone is 1. The molecule has 0 spiro atoms. The summed E-state index contributed by atoms with van der Waals surface area (Å²) in [7, 11) is 0. The highest BCUT2D eigenvalue weighted by Crippen LogP contribution is 2.44. The predicted octanol–water partition coefficient (Wildman–Crippen LogP) is 8.59. The van der Waals surface area contributed by atoms with Crippen LogP contribution in [0.2, 0.25) is 0 Å². The molecule has 1 aliphatic carbocycles. The van der Waals surface area contributed by atoms with Crippen molar-refractivity contribution in [3.63, 3.8) is 0 Å². The normalized spacial score (nSPS) is 13.2. The van der Waals surface area contributed by atoms with Crippen LogP contribution in [0.4, 0.5) is 0 Å². The van der Waals surface area contributed by atoms with Crippen molar-refractivity contribution < 1.29 is 0 Å². The van der Waals surface area contributed by atoms with Gasteiger partial charge >= 0.3 is 0 Å². The molecule has 1 heteroatoms. The Hall–Kier alpha value is -4.23. The van der Waals surface area contributed by atoms with Gasteiger partial charge in [0.05, 0.1) is 11.2 Å². The zero-order chi connectivity index (χ0) is 22.5. The van der Waals surface area contributed by atoms with Crippen molar-refractivity contribution >= 4 is 38.0 Å². The van der Waals surface area contributed by atoms with Crippen molar-refractivity contribution in [1.29, 1.82) is 0 Å². The molecule has 6 aromatic rings. The van der Waals surface area contributed by atoms with Crippen molar-refractivity contribution in [3.8, 4) is 11.3 Å². The molecule has 7 rings (SSSR count). The maximum Gasteiger partial charge on any atom is 0.0722 e. The average Bonchev–Trinajstić information content (AvgIpc) is 2.91. The van der Waals surface area contributed by atoms with Crippen LogP contribution >= 0.6 is 0 Å². The van der Waals surface area contributed by atoms with E-state index in [2.05, 4.69) is 115 Å². The van der Waals surface area contributed by atoms with Gasteiger partial charge in [-0.2, -0.15) is 0 Å². The summed E-state index contributed by atoms with van der Waals surface area (Å²) in [5.74, 6) is 0. The number of rotatable bonds is 2. The second-order valence-corrected chi connectivity index (χ2v) is 9.04. The van der Waals surface area contributed by atoms with Crippen molar-refractivity contribution in [2.45, 2.75) is 12.8 Å². The van der Waals surface area contributed by atoms with E-state index in [-0.39, 0.29) is 0 Å². The van der Waals surface area contributed by atoms with Crippen LogP contribution in [0.3, 0.4) is 0 Å². The topological polar surface area (TPSA) is 12.9 Å². The zero-order valence-electron chi connectivity index (χ0n) is 18.8. The fourth-order valence-corrected chi connectivity index (χ4v) is 5.62. The summed E-state index contributed by atoms with van der Waals surface area (Å²) in [6.45, 7) is 0. The Morgan fingerprint density at radius 1 is 0.529 bits per heavy atom. The second-order valence-electron chi connectivity index (χ2n) is 9.04. The quantitative estimate of drug-likeness (QED) is 0.249. The van der Waals surface area contributed by atoms with Gasteiger partial charge in [-0.1, -0.05) is 103 Å². The van der Waals surface area contributed by atoms with E-state index in [4.69, 9.17) is 4.98 Å². The van der Waals surface area contributed by atoms with Gasteiger partial charge in [0.2, 0.25) is 0 Å². The number of aromatic nitrogens is 1. The van der Waals surface area contributed by atoms with Crippen LogP contribution in [0.15, 0.2) is 115 Å². The number of hydrogen-bond donors (Lipinski definition) is 0. The summed E-state index contributed by atoms with van der Waals surface area (Å²) in [4.78, 5) is 5.11. The van der Waals surface area contributed by atoms with E-state index in [1.807, 2.05) is 0 Å². The molecule has 1 aromatic heterocycles. The van der Waals surface area contributed by atoms with Gasteiger partial charge in [-0.05, 0) is 68.8 Å². The summed E-state index contributed by atoms with van der Waals surface area (Å²) in [6.07, 6.45) is 4.61. The lowest BCUT2D eigenvalue weighted by Gasteiger charge is -2.23. The predicted molar refractivity (Wildman–Crippen MR) is 144 cm³/mol. The SMILES string of the molecule is C1=C(c2c3ccccc3c(-c3ccc4ccccc4n3)c3ccccc23)c2ccccc2CC1. The molecule has 1 aliphatic rings. The maximum atomic E-state index is 5.11. The van der Waals surface area contributed by atoms with Crippen LogP contribution in [0.5, 0.6) is 0 Å². The van der Waals surface area contributed by atoms with Crippen LogP contribution in [-0.2, 0) is 6.42 Å². The molecule has 5 aromatic carbocycles. The zero-order valence-corrected chi connectivity index (χ0v) is 18.8. The Morgan fingerprint density at radius 3 is 1.91 bits per heavy atom. The first kappa shape index (κ1) is 19.3. The maximum absolute atomic E-state index is 5.11. The molecule has 0 unspecified atom stereocenters. The highest BCUT2D eigenvalue weighted by molar-refractivity contribution is 6.19. The van der Waals surface area contributed by atoms with Gasteiger partial charge in [0, 0.05) is 10.9 Å². The van der Waals surface area contributed by atoms with E-state index in [1.54, 1.807) is 0 Å². The molecule has 0 N–H and O–H groups in total. The van der Waals surface area contributed by atoms with Gasteiger partial charge in [0.15, 0.2) is 0 Å². The number of para-hydroxylation sites is 1. The van der Waals surface area contributed by atoms with Crippen LogP contribution in [-0.4, -0.2) is 4.98 Å². The Labute approximate surface area is 199 Å². The number of hydrogen-bond acceptors (Lipinski definition) is 1. The van der Waals surface area contributed by atoms with Gasteiger partial charge in [-0.25, -0.2) is 4.98 Å². The minimum atomic E-state index is 1.02. The smallest absolute Gasteiger partial charge is 0.0722 e. The molecular weight excluding hydrogens is 410 g/mol. The standard InChI is InChI=1S/C33H23N/c1-3-13-24-22(10-1)12-9-18-25(24)32-26-14-4-6-16-28(26)33(29-17-7-5-15-27(29)32)31-21-20-23-11-2-8-19-30(23)34-31/h1-8,10-11,13-21H,9,12H2. The molecule has 0 atom stereocenters. The van der Waals surface area contributed by atoms with Crippen LogP contribution in [0.1, 0.15) is 23.1 Å². The van der Waals surface area contributed by atoms with Gasteiger partial charge in [0.1, 0.15) is 0 Å². The Balaban J connectivity index is 1.61. The Bertz CT molecular complexity index is 1700. The fraction of sp³-hybridized carbons (Fsp3) is 0.0606. The molecule has 0 saturated heterocycles. The summed E-state index contributed by atoms with van der Waals surface area (Å²) in [5.41, 5.74) is 8.76. The lowest BCUT2D eigenvalue weighted by molar-refractivity contribution is 0.978. The molecule has 34 heavy (non-hydrogen) atoms. The van der Waals surface area contributed by atoms with Crippen LogP contribution in [0, 0.1) is 0 Å². The van der Waals surface area contributed by atoms with Crippen molar-refractivity contribution in [3.05, 3.63) is 132 Å². The molecular formula is C33H23N. The van der Waals surface area contributed by atoms with Crippen molar-refractivity contribution in [2.75, 3.05) is 0 Å². The lowest BCUT2D eigenvalue weighted by atomic mass is 9.81. The molecule has 0 aliphatic heterocycles. The summed E-state index contributed by atoms with van der Waals surface area (Å²) < 4.78 is 0. The third-order valence-corrected chi connectivity index (χ3v) is 7.13. The minimum Gasteiger partial charge on any atom is -0.248 e. The molecule has 0 bridgehead atoms. The number of aryl methyl sites for hydroxylation is 1. The van der Waals surface area contributed by atoms with Crippen LogP contribution in [0.25, 0.3) is 49.3 Å². The van der Waals surface area contributed by atoms with Crippen molar-refractivity contribution in [2.24, 2.45) is 0 Å². The van der Waals surface area contributed by atoms with E-state index in [0.29, 0.717) is 0 Å². The van der Waals surface area contributed by atoms with E-state index >= 15 is 0 Å². The number of fused-ring (bicyclic) bond motifs is 4. The highest BCUT2D eigenvalue weighted by Gasteiger charge is 2.21. The molecule has 1 nitrogen and oxygen atoms in total. The molecule has 160 valence electrons. The van der Waals surface area contributed by atoms with E-state index in [1.165, 1.54) is 54.8 Å². The summed E-state index contributed by atoms with van der Waals surface area (Å²) >= 11 is 0. The first-order valence-corrected chi connectivity index (χ1v) is 12.0. The molecule has 0 fully saturated rings. The first-order valence-electron chi connectivity index (χ1n) is 12.0.